The van der Waals surface area contributed by atoms with Crippen LogP contribution in [0.15, 0.2) is 24.3 Å². The molecule has 1 aliphatic rings. The molecular formula is C17H28NO2+. The number of ether oxygens (including phenoxy) is 1. The van der Waals surface area contributed by atoms with Gasteiger partial charge in [0.05, 0.1) is 13.1 Å². The monoisotopic (exact) mass is 278 g/mol. The number of likely N-dealkylation sites (tertiary alicyclic amines) is 1. The van der Waals surface area contributed by atoms with Crippen LogP contribution in [0, 0.1) is 0 Å². The lowest BCUT2D eigenvalue weighted by molar-refractivity contribution is -0.908. The molecule has 1 atom stereocenters. The topological polar surface area (TPSA) is 33.9 Å². The predicted molar refractivity (Wildman–Crippen MR) is 81.4 cm³/mol. The van der Waals surface area contributed by atoms with Gasteiger partial charge < -0.3 is 14.7 Å². The molecule has 0 bridgehead atoms. The van der Waals surface area contributed by atoms with Gasteiger partial charge in [-0.2, -0.15) is 0 Å². The van der Waals surface area contributed by atoms with Crippen molar-refractivity contribution in [1.29, 1.82) is 0 Å². The maximum absolute atomic E-state index is 10.1. The van der Waals surface area contributed by atoms with Gasteiger partial charge in [-0.05, 0) is 42.9 Å². The molecule has 0 saturated carbocycles. The third kappa shape index (κ3) is 4.80. The Balaban J connectivity index is 1.73. The average molecular weight is 278 g/mol. The summed E-state index contributed by atoms with van der Waals surface area (Å²) in [5.41, 5.74) is 1.32. The summed E-state index contributed by atoms with van der Waals surface area (Å²) in [5, 5.41) is 10.1. The highest BCUT2D eigenvalue weighted by molar-refractivity contribution is 5.28. The molecule has 1 aromatic rings. The molecule has 2 N–H and O–H groups in total. The highest BCUT2D eigenvalue weighted by atomic mass is 16.5. The molecule has 1 fully saturated rings. The van der Waals surface area contributed by atoms with E-state index in [1.54, 1.807) is 0 Å². The second-order valence-electron chi connectivity index (χ2n) is 6.20. The van der Waals surface area contributed by atoms with Crippen LogP contribution >= 0.6 is 0 Å². The Hall–Kier alpha value is -1.06. The summed E-state index contributed by atoms with van der Waals surface area (Å²) >= 11 is 0. The van der Waals surface area contributed by atoms with Crippen molar-refractivity contribution in [3.8, 4) is 5.75 Å². The van der Waals surface area contributed by atoms with Gasteiger partial charge in [-0.3, -0.25) is 0 Å². The van der Waals surface area contributed by atoms with Crippen LogP contribution in [-0.2, 0) is 0 Å². The van der Waals surface area contributed by atoms with Crippen LogP contribution in [0.2, 0.25) is 0 Å². The van der Waals surface area contributed by atoms with Crippen LogP contribution in [0.25, 0.3) is 0 Å². The van der Waals surface area contributed by atoms with E-state index in [1.807, 2.05) is 12.1 Å². The van der Waals surface area contributed by atoms with Crippen LogP contribution in [0.1, 0.15) is 44.6 Å². The second kappa shape index (κ2) is 7.65. The number of piperidine rings is 1. The summed E-state index contributed by atoms with van der Waals surface area (Å²) in [5.74, 6) is 1.39. The quantitative estimate of drug-likeness (QED) is 0.829. The molecule has 3 heteroatoms. The van der Waals surface area contributed by atoms with Crippen molar-refractivity contribution in [2.75, 3.05) is 26.2 Å². The summed E-state index contributed by atoms with van der Waals surface area (Å²) in [4.78, 5) is 1.52. The van der Waals surface area contributed by atoms with E-state index in [4.69, 9.17) is 4.74 Å². The van der Waals surface area contributed by atoms with E-state index >= 15 is 0 Å². The summed E-state index contributed by atoms with van der Waals surface area (Å²) in [7, 11) is 0. The summed E-state index contributed by atoms with van der Waals surface area (Å²) in [6.07, 6.45) is 3.56. The lowest BCUT2D eigenvalue weighted by Gasteiger charge is -2.25. The molecule has 0 spiro atoms. The Morgan fingerprint density at radius 1 is 1.10 bits per heavy atom. The van der Waals surface area contributed by atoms with Crippen LogP contribution in [-0.4, -0.2) is 37.5 Å². The number of hydrogen-bond donors (Lipinski definition) is 2. The van der Waals surface area contributed by atoms with Gasteiger partial charge in [-0.25, -0.2) is 0 Å². The molecule has 112 valence electrons. The van der Waals surface area contributed by atoms with Gasteiger partial charge in [0.15, 0.2) is 0 Å². The molecule has 0 aromatic heterocycles. The fourth-order valence-electron chi connectivity index (χ4n) is 2.79. The molecule has 20 heavy (non-hydrogen) atoms. The van der Waals surface area contributed by atoms with Crippen LogP contribution in [0.4, 0.5) is 0 Å². The molecular weight excluding hydrogens is 250 g/mol. The van der Waals surface area contributed by atoms with Gasteiger partial charge >= 0.3 is 0 Å². The number of benzene rings is 1. The number of aliphatic hydroxyl groups is 1. The van der Waals surface area contributed by atoms with Gasteiger partial charge in [0.1, 0.15) is 25.0 Å². The van der Waals surface area contributed by atoms with E-state index in [9.17, 15) is 5.11 Å². The molecule has 1 aromatic carbocycles. The molecule has 1 aliphatic heterocycles. The van der Waals surface area contributed by atoms with Crippen molar-refractivity contribution in [2.45, 2.75) is 45.1 Å². The van der Waals surface area contributed by atoms with Crippen molar-refractivity contribution in [3.05, 3.63) is 29.8 Å². The Morgan fingerprint density at radius 2 is 1.75 bits per heavy atom. The van der Waals surface area contributed by atoms with E-state index in [0.717, 1.165) is 12.3 Å². The van der Waals surface area contributed by atoms with Gasteiger partial charge in [-0.15, -0.1) is 0 Å². The van der Waals surface area contributed by atoms with Gasteiger partial charge in [-0.1, -0.05) is 26.0 Å². The third-order valence-corrected chi connectivity index (χ3v) is 4.07. The molecule has 0 amide bonds. The summed E-state index contributed by atoms with van der Waals surface area (Å²) in [6.45, 7) is 7.96. The minimum atomic E-state index is -0.368. The van der Waals surface area contributed by atoms with Crippen LogP contribution < -0.4 is 9.64 Å². The number of aliphatic hydroxyl groups excluding tert-OH is 1. The van der Waals surface area contributed by atoms with Gasteiger partial charge in [0, 0.05) is 0 Å². The number of rotatable bonds is 6. The number of hydrogen-bond acceptors (Lipinski definition) is 2. The predicted octanol–water partition coefficient (Wildman–Crippen LogP) is 1.62. The Bertz CT molecular complexity index is 382. The molecule has 0 radical (unpaired) electrons. The van der Waals surface area contributed by atoms with Crippen molar-refractivity contribution >= 4 is 0 Å². The number of quaternary nitrogens is 1. The lowest BCUT2D eigenvalue weighted by Crippen LogP contribution is -3.14. The molecule has 0 aliphatic carbocycles. The lowest BCUT2D eigenvalue weighted by atomic mass is 10.0. The van der Waals surface area contributed by atoms with Crippen molar-refractivity contribution in [2.24, 2.45) is 0 Å². The highest BCUT2D eigenvalue weighted by Gasteiger charge is 2.18. The molecule has 2 rings (SSSR count). The molecule has 1 saturated heterocycles. The molecule has 1 heterocycles. The standard InChI is InChI=1S/C17H27NO2/c1-14(2)15-6-8-17(9-7-15)20-13-16(19)12-18-10-4-3-5-11-18/h6-9,14,16,19H,3-5,10-13H2,1-2H3/p+1. The first-order valence-electron chi connectivity index (χ1n) is 7.89. The zero-order chi connectivity index (χ0) is 14.4. The van der Waals surface area contributed by atoms with Crippen LogP contribution in [0.3, 0.4) is 0 Å². The van der Waals surface area contributed by atoms with Crippen molar-refractivity contribution in [1.82, 2.24) is 0 Å². The first-order chi connectivity index (χ1) is 9.65. The largest absolute Gasteiger partial charge is 0.491 e. The SMILES string of the molecule is CC(C)c1ccc(OCC(O)C[NH+]2CCCCC2)cc1. The normalized spacial score (nSPS) is 18.2. The minimum Gasteiger partial charge on any atom is -0.491 e. The van der Waals surface area contributed by atoms with E-state index in [0.29, 0.717) is 12.5 Å². The highest BCUT2D eigenvalue weighted by Crippen LogP contribution is 2.18. The Morgan fingerprint density at radius 3 is 2.35 bits per heavy atom. The fourth-order valence-corrected chi connectivity index (χ4v) is 2.79. The average Bonchev–Trinajstić information content (AvgIpc) is 2.46. The summed E-state index contributed by atoms with van der Waals surface area (Å²) in [6, 6.07) is 8.19. The fraction of sp³-hybridized carbons (Fsp3) is 0.647. The van der Waals surface area contributed by atoms with E-state index in [1.165, 1.54) is 42.8 Å². The first-order valence-corrected chi connectivity index (χ1v) is 7.89. The van der Waals surface area contributed by atoms with Crippen molar-refractivity contribution in [3.63, 3.8) is 0 Å². The molecule has 3 nitrogen and oxygen atoms in total. The second-order valence-corrected chi connectivity index (χ2v) is 6.20. The van der Waals surface area contributed by atoms with Gasteiger partial charge in [0.2, 0.25) is 0 Å². The van der Waals surface area contributed by atoms with Crippen molar-refractivity contribution < 1.29 is 14.7 Å². The van der Waals surface area contributed by atoms with Gasteiger partial charge in [0.25, 0.3) is 0 Å². The number of nitrogens with one attached hydrogen (secondary N) is 1. The Labute approximate surface area is 122 Å². The van der Waals surface area contributed by atoms with E-state index in [-0.39, 0.29) is 6.10 Å². The maximum atomic E-state index is 10.1. The zero-order valence-corrected chi connectivity index (χ0v) is 12.8. The zero-order valence-electron chi connectivity index (χ0n) is 12.8. The summed E-state index contributed by atoms with van der Waals surface area (Å²) < 4.78 is 5.68. The minimum absolute atomic E-state index is 0.368. The first kappa shape index (κ1) is 15.3. The Kier molecular flexibility index (Phi) is 5.86. The third-order valence-electron chi connectivity index (χ3n) is 4.07. The molecule has 1 unspecified atom stereocenters. The van der Waals surface area contributed by atoms with Crippen LogP contribution in [0.5, 0.6) is 5.75 Å². The van der Waals surface area contributed by atoms with E-state index < -0.39 is 0 Å². The smallest absolute Gasteiger partial charge is 0.137 e. The maximum Gasteiger partial charge on any atom is 0.137 e. The van der Waals surface area contributed by atoms with E-state index in [2.05, 4.69) is 26.0 Å².